The standard InChI is InChI=1S/C10H12FNO2/c11-6-5-9(12)7-1-3-8(4-2-7)10(13)14/h1-4,9H,5-6,12H2,(H,13,14)/t9-/m0/s1. The number of alkyl halides is 1. The maximum absolute atomic E-state index is 12.0. The van der Waals surface area contributed by atoms with Crippen molar-refractivity contribution in [3.05, 3.63) is 35.4 Å². The number of hydrogen-bond acceptors (Lipinski definition) is 2. The van der Waals surface area contributed by atoms with E-state index in [0.29, 0.717) is 0 Å². The van der Waals surface area contributed by atoms with Gasteiger partial charge >= 0.3 is 5.97 Å². The second-order valence-corrected chi connectivity index (χ2v) is 3.01. The molecule has 1 rings (SSSR count). The summed E-state index contributed by atoms with van der Waals surface area (Å²) in [4.78, 5) is 10.5. The summed E-state index contributed by atoms with van der Waals surface area (Å²) in [6.07, 6.45) is 0.256. The number of benzene rings is 1. The lowest BCUT2D eigenvalue weighted by Crippen LogP contribution is -2.11. The number of carboxylic acid groups (broad SMARTS) is 1. The van der Waals surface area contributed by atoms with Crippen LogP contribution in [0.15, 0.2) is 24.3 Å². The maximum Gasteiger partial charge on any atom is 0.335 e. The molecule has 4 heteroatoms. The van der Waals surface area contributed by atoms with E-state index in [2.05, 4.69) is 0 Å². The van der Waals surface area contributed by atoms with Crippen LogP contribution in [0.25, 0.3) is 0 Å². The van der Waals surface area contributed by atoms with Gasteiger partial charge in [-0.3, -0.25) is 4.39 Å². The Hall–Kier alpha value is -1.42. The lowest BCUT2D eigenvalue weighted by Gasteiger charge is -2.09. The fraction of sp³-hybridized carbons (Fsp3) is 0.300. The van der Waals surface area contributed by atoms with Crippen molar-refractivity contribution >= 4 is 5.97 Å². The molecule has 0 saturated carbocycles. The molecule has 1 aromatic rings. The quantitative estimate of drug-likeness (QED) is 0.772. The Morgan fingerprint density at radius 1 is 1.43 bits per heavy atom. The van der Waals surface area contributed by atoms with Crippen molar-refractivity contribution in [3.8, 4) is 0 Å². The second kappa shape index (κ2) is 4.72. The van der Waals surface area contributed by atoms with E-state index >= 15 is 0 Å². The Bertz CT molecular complexity index is 310. The first-order valence-corrected chi connectivity index (χ1v) is 4.30. The molecular weight excluding hydrogens is 185 g/mol. The monoisotopic (exact) mass is 197 g/mol. The first-order chi connectivity index (χ1) is 6.65. The van der Waals surface area contributed by atoms with Crippen LogP contribution in [0.2, 0.25) is 0 Å². The molecule has 0 spiro atoms. The van der Waals surface area contributed by atoms with Gasteiger partial charge in [0.05, 0.1) is 12.2 Å². The van der Waals surface area contributed by atoms with Crippen LogP contribution in [0.5, 0.6) is 0 Å². The van der Waals surface area contributed by atoms with Gasteiger partial charge in [0.15, 0.2) is 0 Å². The van der Waals surface area contributed by atoms with Crippen LogP contribution in [-0.4, -0.2) is 17.8 Å². The van der Waals surface area contributed by atoms with Gasteiger partial charge in [-0.1, -0.05) is 12.1 Å². The molecule has 0 aliphatic carbocycles. The maximum atomic E-state index is 12.0. The molecular formula is C10H12FNO2. The van der Waals surface area contributed by atoms with Gasteiger partial charge in [0, 0.05) is 6.04 Å². The zero-order chi connectivity index (χ0) is 10.6. The lowest BCUT2D eigenvalue weighted by atomic mass is 10.0. The Labute approximate surface area is 81.4 Å². The Kier molecular flexibility index (Phi) is 3.59. The van der Waals surface area contributed by atoms with Gasteiger partial charge in [-0.05, 0) is 24.1 Å². The van der Waals surface area contributed by atoms with E-state index in [0.717, 1.165) is 5.56 Å². The van der Waals surface area contributed by atoms with Crippen molar-refractivity contribution in [2.24, 2.45) is 5.73 Å². The summed E-state index contributed by atoms with van der Waals surface area (Å²) < 4.78 is 12.0. The van der Waals surface area contributed by atoms with Crippen LogP contribution in [0.1, 0.15) is 28.4 Å². The summed E-state index contributed by atoms with van der Waals surface area (Å²) in [5, 5.41) is 8.63. The largest absolute Gasteiger partial charge is 0.478 e. The van der Waals surface area contributed by atoms with E-state index in [9.17, 15) is 9.18 Å². The number of halogens is 1. The van der Waals surface area contributed by atoms with Crippen LogP contribution >= 0.6 is 0 Å². The molecule has 0 heterocycles. The molecule has 0 saturated heterocycles. The van der Waals surface area contributed by atoms with Gasteiger partial charge in [-0.2, -0.15) is 0 Å². The van der Waals surface area contributed by atoms with Crippen molar-refractivity contribution in [2.45, 2.75) is 12.5 Å². The molecule has 0 fully saturated rings. The van der Waals surface area contributed by atoms with Crippen LogP contribution in [0.3, 0.4) is 0 Å². The minimum atomic E-state index is -0.976. The molecule has 0 aliphatic heterocycles. The van der Waals surface area contributed by atoms with Crippen molar-refractivity contribution in [2.75, 3.05) is 6.67 Å². The highest BCUT2D eigenvalue weighted by Gasteiger charge is 2.07. The molecule has 0 aromatic heterocycles. The van der Waals surface area contributed by atoms with Gasteiger partial charge in [-0.25, -0.2) is 4.79 Å². The van der Waals surface area contributed by atoms with Crippen molar-refractivity contribution in [1.29, 1.82) is 0 Å². The van der Waals surface area contributed by atoms with Crippen molar-refractivity contribution < 1.29 is 14.3 Å². The number of nitrogens with two attached hydrogens (primary N) is 1. The van der Waals surface area contributed by atoms with Crippen LogP contribution in [-0.2, 0) is 0 Å². The summed E-state index contributed by atoms with van der Waals surface area (Å²) in [5.74, 6) is -0.976. The fourth-order valence-corrected chi connectivity index (χ4v) is 1.16. The third kappa shape index (κ3) is 2.53. The summed E-state index contributed by atoms with van der Waals surface area (Å²) in [5.41, 5.74) is 6.61. The van der Waals surface area contributed by atoms with E-state index in [1.54, 1.807) is 12.1 Å². The number of aromatic carboxylic acids is 1. The van der Waals surface area contributed by atoms with E-state index in [1.807, 2.05) is 0 Å². The van der Waals surface area contributed by atoms with E-state index in [-0.39, 0.29) is 18.0 Å². The summed E-state index contributed by atoms with van der Waals surface area (Å²) >= 11 is 0. The summed E-state index contributed by atoms with van der Waals surface area (Å²) in [7, 11) is 0. The molecule has 1 atom stereocenters. The number of carboxylic acids is 1. The van der Waals surface area contributed by atoms with Crippen LogP contribution in [0.4, 0.5) is 4.39 Å². The molecule has 14 heavy (non-hydrogen) atoms. The smallest absolute Gasteiger partial charge is 0.335 e. The molecule has 0 unspecified atom stereocenters. The number of rotatable bonds is 4. The first kappa shape index (κ1) is 10.7. The minimum absolute atomic E-state index is 0.209. The topological polar surface area (TPSA) is 63.3 Å². The van der Waals surface area contributed by atoms with Gasteiger partial charge in [0.2, 0.25) is 0 Å². The second-order valence-electron chi connectivity index (χ2n) is 3.01. The minimum Gasteiger partial charge on any atom is -0.478 e. The van der Waals surface area contributed by atoms with Gasteiger partial charge in [0.25, 0.3) is 0 Å². The highest BCUT2D eigenvalue weighted by molar-refractivity contribution is 5.87. The summed E-state index contributed by atoms with van der Waals surface area (Å²) in [6.45, 7) is -0.470. The van der Waals surface area contributed by atoms with Crippen LogP contribution in [0, 0.1) is 0 Å². The van der Waals surface area contributed by atoms with Gasteiger partial charge in [-0.15, -0.1) is 0 Å². The average molecular weight is 197 g/mol. The Balaban J connectivity index is 2.77. The fourth-order valence-electron chi connectivity index (χ4n) is 1.16. The molecule has 0 amide bonds. The summed E-state index contributed by atoms with van der Waals surface area (Å²) in [6, 6.07) is 5.81. The van der Waals surface area contributed by atoms with Crippen molar-refractivity contribution in [1.82, 2.24) is 0 Å². The molecule has 76 valence electrons. The predicted octanol–water partition coefficient (Wildman–Crippen LogP) is 1.74. The zero-order valence-electron chi connectivity index (χ0n) is 7.61. The Morgan fingerprint density at radius 2 is 2.00 bits per heavy atom. The molecule has 3 N–H and O–H groups in total. The lowest BCUT2D eigenvalue weighted by molar-refractivity contribution is 0.0697. The third-order valence-corrected chi connectivity index (χ3v) is 2.01. The van der Waals surface area contributed by atoms with Gasteiger partial charge < -0.3 is 10.8 Å². The van der Waals surface area contributed by atoms with Crippen molar-refractivity contribution in [3.63, 3.8) is 0 Å². The van der Waals surface area contributed by atoms with Crippen LogP contribution < -0.4 is 5.73 Å². The molecule has 0 radical (unpaired) electrons. The molecule has 0 aliphatic rings. The average Bonchev–Trinajstić information content (AvgIpc) is 2.18. The Morgan fingerprint density at radius 3 is 2.43 bits per heavy atom. The van der Waals surface area contributed by atoms with E-state index in [1.165, 1.54) is 12.1 Å². The number of carbonyl (C=O) groups is 1. The highest BCUT2D eigenvalue weighted by Crippen LogP contribution is 2.14. The van der Waals surface area contributed by atoms with Gasteiger partial charge in [0.1, 0.15) is 0 Å². The number of hydrogen-bond donors (Lipinski definition) is 2. The molecule has 3 nitrogen and oxygen atoms in total. The highest BCUT2D eigenvalue weighted by atomic mass is 19.1. The third-order valence-electron chi connectivity index (χ3n) is 2.01. The van der Waals surface area contributed by atoms with E-state index < -0.39 is 12.6 Å². The SMILES string of the molecule is N[C@@H](CCF)c1ccc(C(=O)O)cc1. The normalized spacial score (nSPS) is 12.4. The molecule has 1 aromatic carbocycles. The zero-order valence-corrected chi connectivity index (χ0v) is 7.61. The van der Waals surface area contributed by atoms with E-state index in [4.69, 9.17) is 10.8 Å². The first-order valence-electron chi connectivity index (χ1n) is 4.30. The molecule has 0 bridgehead atoms. The predicted molar refractivity (Wildman–Crippen MR) is 50.9 cm³/mol.